The van der Waals surface area contributed by atoms with Gasteiger partial charge in [0, 0.05) is 12.1 Å². The summed E-state index contributed by atoms with van der Waals surface area (Å²) in [6, 6.07) is 9.86. The highest BCUT2D eigenvalue weighted by Crippen LogP contribution is 2.50. The van der Waals surface area contributed by atoms with Crippen molar-refractivity contribution in [1.82, 2.24) is 9.91 Å². The van der Waals surface area contributed by atoms with E-state index in [0.29, 0.717) is 6.54 Å². The summed E-state index contributed by atoms with van der Waals surface area (Å²) >= 11 is 0. The molecule has 3 aliphatic heterocycles. The summed E-state index contributed by atoms with van der Waals surface area (Å²) in [4.78, 5) is 27.6. The molecule has 0 unspecified atom stereocenters. The lowest BCUT2D eigenvalue weighted by molar-refractivity contribution is -0.146. The van der Waals surface area contributed by atoms with Crippen LogP contribution in [0.1, 0.15) is 34.6 Å². The third-order valence-electron chi connectivity index (χ3n) is 5.80. The van der Waals surface area contributed by atoms with E-state index in [1.807, 2.05) is 70.1 Å². The van der Waals surface area contributed by atoms with Crippen molar-refractivity contribution in [1.29, 1.82) is 0 Å². The quantitative estimate of drug-likeness (QED) is 0.736. The number of hydrazine groups is 1. The van der Waals surface area contributed by atoms with E-state index in [-0.39, 0.29) is 23.7 Å². The van der Waals surface area contributed by atoms with Gasteiger partial charge in [-0.3, -0.25) is 14.5 Å². The van der Waals surface area contributed by atoms with Crippen molar-refractivity contribution < 1.29 is 9.59 Å². The lowest BCUT2D eigenvalue weighted by Gasteiger charge is -2.37. The van der Waals surface area contributed by atoms with Gasteiger partial charge in [0.25, 0.3) is 0 Å². The minimum Gasteiger partial charge on any atom is -0.277 e. The molecule has 4 rings (SSSR count). The molecule has 0 aliphatic carbocycles. The average molecular weight is 340 g/mol. The van der Waals surface area contributed by atoms with Crippen molar-refractivity contribution in [2.45, 2.75) is 45.7 Å². The molecule has 25 heavy (non-hydrogen) atoms. The van der Waals surface area contributed by atoms with Gasteiger partial charge in [0.05, 0.1) is 28.8 Å². The zero-order chi connectivity index (χ0) is 18.1. The van der Waals surface area contributed by atoms with Crippen LogP contribution in [-0.2, 0) is 9.59 Å². The van der Waals surface area contributed by atoms with Crippen LogP contribution in [-0.4, -0.2) is 45.1 Å². The monoisotopic (exact) mass is 340 g/mol. The van der Waals surface area contributed by atoms with E-state index in [9.17, 15) is 9.59 Å². The van der Waals surface area contributed by atoms with Crippen LogP contribution in [0.5, 0.6) is 0 Å². The maximum absolute atomic E-state index is 13.2. The summed E-state index contributed by atoms with van der Waals surface area (Å²) in [5, 5.41) is 8.66. The first-order valence-electron chi connectivity index (χ1n) is 8.73. The topological polar surface area (TPSA) is 56.2 Å². The Morgan fingerprint density at radius 2 is 1.76 bits per heavy atom. The van der Waals surface area contributed by atoms with Gasteiger partial charge >= 0.3 is 0 Å². The van der Waals surface area contributed by atoms with Crippen molar-refractivity contribution in [2.75, 3.05) is 11.7 Å². The SMILES string of the molecule is CC1=NN(c2ccccc2)N2C[C@@H]3C(=O)N(C(C)(C)C)C(=O)[C@@H]3[C@@]12C. The molecule has 0 saturated carbocycles. The number of hydrogen-bond acceptors (Lipinski definition) is 5. The van der Waals surface area contributed by atoms with Gasteiger partial charge in [0.15, 0.2) is 0 Å². The highest BCUT2D eigenvalue weighted by molar-refractivity contribution is 6.11. The van der Waals surface area contributed by atoms with Crippen molar-refractivity contribution in [3.05, 3.63) is 30.3 Å². The van der Waals surface area contributed by atoms with Crippen LogP contribution in [0.15, 0.2) is 35.4 Å². The molecule has 6 heteroatoms. The molecule has 3 atom stereocenters. The molecule has 2 fully saturated rings. The van der Waals surface area contributed by atoms with E-state index < -0.39 is 11.1 Å². The van der Waals surface area contributed by atoms with Crippen LogP contribution in [0.25, 0.3) is 0 Å². The second-order valence-corrected chi connectivity index (χ2v) is 8.31. The molecule has 0 N–H and O–H groups in total. The fraction of sp³-hybridized carbons (Fsp3) is 0.526. The van der Waals surface area contributed by atoms with Gasteiger partial charge in [-0.05, 0) is 46.8 Å². The lowest BCUT2D eigenvalue weighted by Crippen LogP contribution is -2.56. The number of likely N-dealkylation sites (tertiary alicyclic amines) is 1. The number of hydrazone groups is 1. The highest BCUT2D eigenvalue weighted by atomic mass is 16.2. The third-order valence-corrected chi connectivity index (χ3v) is 5.80. The number of carbonyl (C=O) groups is 2. The highest BCUT2D eigenvalue weighted by Gasteiger charge is 2.68. The first-order valence-corrected chi connectivity index (χ1v) is 8.73. The second-order valence-electron chi connectivity index (χ2n) is 8.31. The van der Waals surface area contributed by atoms with Gasteiger partial charge in [-0.2, -0.15) is 15.2 Å². The second kappa shape index (κ2) is 4.91. The third kappa shape index (κ3) is 1.97. The summed E-state index contributed by atoms with van der Waals surface area (Å²) in [5.74, 6) is -0.819. The molecular formula is C19H24N4O2. The van der Waals surface area contributed by atoms with Gasteiger partial charge in [-0.15, -0.1) is 0 Å². The molecule has 132 valence electrons. The van der Waals surface area contributed by atoms with E-state index in [1.165, 1.54) is 4.90 Å². The molecule has 0 radical (unpaired) electrons. The summed E-state index contributed by atoms with van der Waals surface area (Å²) in [6.45, 7) is 10.2. The normalized spacial score (nSPS) is 32.3. The predicted molar refractivity (Wildman–Crippen MR) is 95.7 cm³/mol. The summed E-state index contributed by atoms with van der Waals surface area (Å²) in [6.07, 6.45) is 0. The summed E-state index contributed by atoms with van der Waals surface area (Å²) < 4.78 is 0. The van der Waals surface area contributed by atoms with Crippen LogP contribution in [0.3, 0.4) is 0 Å². The summed E-state index contributed by atoms with van der Waals surface area (Å²) in [5.41, 5.74) is 0.759. The predicted octanol–water partition coefficient (Wildman–Crippen LogP) is 2.27. The molecule has 0 spiro atoms. The molecule has 0 aromatic heterocycles. The average Bonchev–Trinajstić information content (AvgIpc) is 3.07. The number of carbonyl (C=O) groups excluding carboxylic acids is 2. The number of rotatable bonds is 1. The minimum atomic E-state index is -0.562. The Morgan fingerprint density at radius 1 is 1.12 bits per heavy atom. The fourth-order valence-electron chi connectivity index (χ4n) is 4.48. The minimum absolute atomic E-state index is 0.0565. The Bertz CT molecular complexity index is 782. The maximum Gasteiger partial charge on any atom is 0.235 e. The Kier molecular flexibility index (Phi) is 3.20. The van der Waals surface area contributed by atoms with Crippen LogP contribution in [0.2, 0.25) is 0 Å². The number of hydrogen-bond donors (Lipinski definition) is 0. The van der Waals surface area contributed by atoms with E-state index in [4.69, 9.17) is 5.10 Å². The number of amides is 2. The van der Waals surface area contributed by atoms with Crippen LogP contribution in [0, 0.1) is 11.8 Å². The van der Waals surface area contributed by atoms with Gasteiger partial charge < -0.3 is 0 Å². The molecule has 1 aromatic carbocycles. The van der Waals surface area contributed by atoms with Crippen molar-refractivity contribution in [2.24, 2.45) is 16.9 Å². The zero-order valence-electron chi connectivity index (χ0n) is 15.4. The Morgan fingerprint density at radius 3 is 2.36 bits per heavy atom. The Hall–Kier alpha value is -2.21. The molecule has 2 amide bonds. The molecular weight excluding hydrogens is 316 g/mol. The van der Waals surface area contributed by atoms with Gasteiger partial charge in [-0.1, -0.05) is 18.2 Å². The number of anilines is 1. The van der Waals surface area contributed by atoms with Gasteiger partial charge in [-0.25, -0.2) is 0 Å². The smallest absolute Gasteiger partial charge is 0.235 e. The largest absolute Gasteiger partial charge is 0.277 e. The lowest BCUT2D eigenvalue weighted by atomic mass is 9.80. The van der Waals surface area contributed by atoms with Crippen molar-refractivity contribution in [3.63, 3.8) is 0 Å². The molecule has 6 nitrogen and oxygen atoms in total. The van der Waals surface area contributed by atoms with Crippen LogP contribution >= 0.6 is 0 Å². The maximum atomic E-state index is 13.2. The number of fused-ring (bicyclic) bond motifs is 3. The summed E-state index contributed by atoms with van der Waals surface area (Å²) in [7, 11) is 0. The molecule has 3 aliphatic rings. The molecule has 3 heterocycles. The van der Waals surface area contributed by atoms with Crippen LogP contribution in [0.4, 0.5) is 5.69 Å². The fourth-order valence-corrected chi connectivity index (χ4v) is 4.48. The van der Waals surface area contributed by atoms with E-state index in [1.54, 1.807) is 0 Å². The number of benzene rings is 1. The molecule has 1 aromatic rings. The van der Waals surface area contributed by atoms with E-state index >= 15 is 0 Å². The number of imide groups is 1. The standard InChI is InChI=1S/C19H24N4O2/c1-12-19(5)15-14(16(24)22(17(15)25)18(2,3)4)11-21(19)23(20-12)13-9-7-6-8-10-13/h6-10,14-15H,11H2,1-5H3/t14-,15+,19+/m0/s1. The Balaban J connectivity index is 1.76. The van der Waals surface area contributed by atoms with E-state index in [0.717, 1.165) is 11.4 Å². The van der Waals surface area contributed by atoms with Crippen molar-refractivity contribution >= 4 is 23.2 Å². The van der Waals surface area contributed by atoms with Crippen LogP contribution < -0.4 is 5.12 Å². The van der Waals surface area contributed by atoms with Gasteiger partial charge in [0.1, 0.15) is 0 Å². The zero-order valence-corrected chi connectivity index (χ0v) is 15.4. The first kappa shape index (κ1) is 16.3. The number of para-hydroxylation sites is 1. The first-order chi connectivity index (χ1) is 11.7. The Labute approximate surface area is 148 Å². The molecule has 0 bridgehead atoms. The molecule has 2 saturated heterocycles. The van der Waals surface area contributed by atoms with E-state index in [2.05, 4.69) is 5.01 Å². The number of nitrogens with zero attached hydrogens (tertiary/aromatic N) is 4. The van der Waals surface area contributed by atoms with Gasteiger partial charge in [0.2, 0.25) is 11.8 Å². The van der Waals surface area contributed by atoms with Crippen molar-refractivity contribution in [3.8, 4) is 0 Å².